The van der Waals surface area contributed by atoms with Crippen LogP contribution in [0.4, 0.5) is 4.79 Å². The molecule has 23 heavy (non-hydrogen) atoms. The van der Waals surface area contributed by atoms with Gasteiger partial charge in [-0.1, -0.05) is 0 Å². The monoisotopic (exact) mass is 428 g/mol. The molecule has 1 fully saturated rings. The van der Waals surface area contributed by atoms with Crippen LogP contribution in [0.5, 0.6) is 0 Å². The molecule has 1 aromatic carbocycles. The first-order valence-electron chi connectivity index (χ1n) is 7.92. The van der Waals surface area contributed by atoms with Gasteiger partial charge in [0.15, 0.2) is 0 Å². The van der Waals surface area contributed by atoms with E-state index >= 15 is 0 Å². The van der Waals surface area contributed by atoms with Crippen LogP contribution in [-0.4, -0.2) is 17.3 Å². The molecule has 1 aliphatic rings. The second-order valence-corrected chi connectivity index (χ2v) is 12.3. The van der Waals surface area contributed by atoms with Crippen LogP contribution >= 0.6 is 19.8 Å². The van der Waals surface area contributed by atoms with E-state index in [4.69, 9.17) is 4.74 Å². The number of rotatable bonds is 5. The zero-order valence-corrected chi connectivity index (χ0v) is 16.2. The molecule has 126 valence electrons. The second-order valence-electron chi connectivity index (χ2n) is 6.81. The molecule has 1 unspecified atom stereocenters. The Labute approximate surface area is 145 Å². The van der Waals surface area contributed by atoms with Crippen molar-refractivity contribution in [2.24, 2.45) is 5.92 Å². The molecule has 3 nitrogen and oxygen atoms in total. The van der Waals surface area contributed by atoms with Crippen LogP contribution < -0.4 is 0 Å². The predicted octanol–water partition coefficient (Wildman–Crippen LogP) is 5.16. The van der Waals surface area contributed by atoms with Crippen molar-refractivity contribution in [1.29, 1.82) is 0 Å². The van der Waals surface area contributed by atoms with Gasteiger partial charge in [-0.05, 0) is 0 Å². The molecule has 0 N–H and O–H groups in total. The van der Waals surface area contributed by atoms with Crippen molar-refractivity contribution in [3.8, 4) is 0 Å². The SMILES string of the molecule is C=CCC1C[C@H](Cc2ccccc2)I(C(=O)OC(C)(C)C)C1=O. The van der Waals surface area contributed by atoms with Gasteiger partial charge in [-0.3, -0.25) is 0 Å². The molecule has 0 amide bonds. The number of ether oxygens (including phenoxy) is 1. The van der Waals surface area contributed by atoms with E-state index in [2.05, 4.69) is 18.7 Å². The van der Waals surface area contributed by atoms with Crippen molar-refractivity contribution < 1.29 is 14.3 Å². The van der Waals surface area contributed by atoms with Crippen molar-refractivity contribution in [2.75, 3.05) is 0 Å². The average molecular weight is 428 g/mol. The van der Waals surface area contributed by atoms with Gasteiger partial charge < -0.3 is 0 Å². The Kier molecular flexibility index (Phi) is 6.00. The molecule has 1 aliphatic heterocycles. The van der Waals surface area contributed by atoms with E-state index in [0.29, 0.717) is 6.42 Å². The maximum absolute atomic E-state index is 12.7. The summed E-state index contributed by atoms with van der Waals surface area (Å²) in [6.07, 6.45) is 4.05. The Morgan fingerprint density at radius 1 is 1.35 bits per heavy atom. The molecule has 1 saturated heterocycles. The summed E-state index contributed by atoms with van der Waals surface area (Å²) < 4.78 is 5.68. The fourth-order valence-electron chi connectivity index (χ4n) is 2.71. The molecular weight excluding hydrogens is 403 g/mol. The number of benzene rings is 1. The van der Waals surface area contributed by atoms with Crippen molar-refractivity contribution in [1.82, 2.24) is 0 Å². The maximum atomic E-state index is 12.7. The molecule has 0 aromatic heterocycles. The summed E-state index contributed by atoms with van der Waals surface area (Å²) in [6, 6.07) is 10.1. The Morgan fingerprint density at radius 2 is 2.00 bits per heavy atom. The molecule has 2 atom stereocenters. The van der Waals surface area contributed by atoms with Crippen molar-refractivity contribution in [3.63, 3.8) is 0 Å². The van der Waals surface area contributed by atoms with Crippen LogP contribution in [-0.2, 0) is 16.0 Å². The van der Waals surface area contributed by atoms with E-state index in [1.54, 1.807) is 6.08 Å². The third kappa shape index (κ3) is 4.90. The Balaban J connectivity index is 2.20. The van der Waals surface area contributed by atoms with Gasteiger partial charge >= 0.3 is 146 Å². The number of hydrogen-bond acceptors (Lipinski definition) is 3. The molecule has 4 heteroatoms. The van der Waals surface area contributed by atoms with E-state index in [9.17, 15) is 9.59 Å². The van der Waals surface area contributed by atoms with Gasteiger partial charge in [0, 0.05) is 0 Å². The number of carbonyl (C=O) groups is 2. The minimum atomic E-state index is -2.50. The first kappa shape index (κ1) is 18.2. The first-order valence-corrected chi connectivity index (χ1v) is 11.3. The van der Waals surface area contributed by atoms with Crippen LogP contribution in [0.25, 0.3) is 0 Å². The summed E-state index contributed by atoms with van der Waals surface area (Å²) in [5.41, 5.74) is 0.651. The van der Waals surface area contributed by atoms with E-state index < -0.39 is 25.4 Å². The van der Waals surface area contributed by atoms with Gasteiger partial charge in [0.05, 0.1) is 0 Å². The van der Waals surface area contributed by atoms with Gasteiger partial charge in [-0.25, -0.2) is 0 Å². The third-order valence-corrected chi connectivity index (χ3v) is 9.58. The molecule has 1 aromatic rings. The molecule has 2 rings (SSSR count). The van der Waals surface area contributed by atoms with Crippen LogP contribution in [0.2, 0.25) is 0 Å². The molecule has 0 saturated carbocycles. The number of halogens is 1. The molecule has 0 spiro atoms. The zero-order valence-electron chi connectivity index (χ0n) is 14.0. The summed E-state index contributed by atoms with van der Waals surface area (Å²) >= 11 is -2.50. The van der Waals surface area contributed by atoms with Crippen molar-refractivity contribution >= 4 is 27.6 Å². The fourth-order valence-corrected chi connectivity index (χ4v) is 9.16. The van der Waals surface area contributed by atoms with Crippen molar-refractivity contribution in [3.05, 3.63) is 48.6 Å². The molecule has 0 radical (unpaired) electrons. The molecule has 0 bridgehead atoms. The quantitative estimate of drug-likeness (QED) is 0.282. The Morgan fingerprint density at radius 3 is 2.57 bits per heavy atom. The van der Waals surface area contributed by atoms with Crippen LogP contribution in [0.1, 0.15) is 39.2 Å². The van der Waals surface area contributed by atoms with Gasteiger partial charge in [0.25, 0.3) is 0 Å². The van der Waals surface area contributed by atoms with E-state index in [-0.39, 0.29) is 17.6 Å². The molecule has 0 aliphatic carbocycles. The molecule has 1 heterocycles. The van der Waals surface area contributed by atoms with Gasteiger partial charge in [0.2, 0.25) is 0 Å². The van der Waals surface area contributed by atoms with Crippen molar-refractivity contribution in [2.45, 2.75) is 49.6 Å². The molecular formula is C19H25IO3. The summed E-state index contributed by atoms with van der Waals surface area (Å²) in [4.78, 5) is 25.4. The van der Waals surface area contributed by atoms with Gasteiger partial charge in [0.1, 0.15) is 0 Å². The van der Waals surface area contributed by atoms with E-state index in [1.165, 1.54) is 5.56 Å². The summed E-state index contributed by atoms with van der Waals surface area (Å²) in [5.74, 6) is -0.0427. The number of carbonyl (C=O) groups excluding carboxylic acids is 2. The normalized spacial score (nSPS) is 22.9. The fraction of sp³-hybridized carbons (Fsp3) is 0.474. The summed E-state index contributed by atoms with van der Waals surface area (Å²) in [6.45, 7) is 9.31. The minimum absolute atomic E-state index is 0.0427. The number of alkyl halides is 1. The Hall–Kier alpha value is -1.17. The number of allylic oxidation sites excluding steroid dienone is 1. The zero-order chi connectivity index (χ0) is 17.0. The topological polar surface area (TPSA) is 43.4 Å². The van der Waals surface area contributed by atoms with Gasteiger partial charge in [-0.2, -0.15) is 0 Å². The summed E-state index contributed by atoms with van der Waals surface area (Å²) in [7, 11) is 0. The predicted molar refractivity (Wildman–Crippen MR) is 102 cm³/mol. The Bertz CT molecular complexity index is 574. The van der Waals surface area contributed by atoms with Crippen LogP contribution in [0.15, 0.2) is 43.0 Å². The second kappa shape index (κ2) is 7.60. The van der Waals surface area contributed by atoms with E-state index in [0.717, 1.165) is 12.8 Å². The van der Waals surface area contributed by atoms with Gasteiger partial charge in [-0.15, -0.1) is 0 Å². The standard InChI is InChI=1S/C19H25IO3/c1-5-9-15-13-16(12-14-10-7-6-8-11-14)20(17(15)21)18(22)23-19(2,3)4/h5-8,10-11,15-16H,1,9,12-13H2,2-4H3/t15?,16-/m0/s1. The number of hydrogen-bond donors (Lipinski definition) is 0. The summed E-state index contributed by atoms with van der Waals surface area (Å²) in [5, 5.41) is 0. The third-order valence-electron chi connectivity index (χ3n) is 3.67. The van der Waals surface area contributed by atoms with Crippen LogP contribution in [0.3, 0.4) is 0 Å². The first-order chi connectivity index (χ1) is 10.8. The average Bonchev–Trinajstić information content (AvgIpc) is 2.75. The van der Waals surface area contributed by atoms with E-state index in [1.807, 2.05) is 39.0 Å². The van der Waals surface area contributed by atoms with Crippen LogP contribution in [0, 0.1) is 5.92 Å².